The molecule has 6 N–H and O–H groups in total. The van der Waals surface area contributed by atoms with E-state index in [1.807, 2.05) is 0 Å². The summed E-state index contributed by atoms with van der Waals surface area (Å²) < 4.78 is 0. The maximum absolute atomic E-state index is 11.3. The SMILES string of the molecule is NC(=O)CCNC(=O)c1cc(N)c[nH]1. The Morgan fingerprint density at radius 3 is 2.71 bits per heavy atom. The molecule has 1 aromatic heterocycles. The number of carbonyl (C=O) groups excluding carboxylic acids is 2. The second-order valence-corrected chi connectivity index (χ2v) is 2.82. The summed E-state index contributed by atoms with van der Waals surface area (Å²) in [4.78, 5) is 24.3. The first-order valence-corrected chi connectivity index (χ1v) is 4.10. The van der Waals surface area contributed by atoms with Gasteiger partial charge in [-0.3, -0.25) is 9.59 Å². The number of primary amides is 1. The van der Waals surface area contributed by atoms with E-state index in [9.17, 15) is 9.59 Å². The molecule has 1 rings (SSSR count). The van der Waals surface area contributed by atoms with Crippen LogP contribution in [-0.2, 0) is 4.79 Å². The predicted molar refractivity (Wildman–Crippen MR) is 51.3 cm³/mol. The van der Waals surface area contributed by atoms with Crippen molar-refractivity contribution < 1.29 is 9.59 Å². The van der Waals surface area contributed by atoms with E-state index in [1.54, 1.807) is 0 Å². The van der Waals surface area contributed by atoms with Crippen molar-refractivity contribution in [3.63, 3.8) is 0 Å². The Kier molecular flexibility index (Phi) is 3.11. The third-order valence-electron chi connectivity index (χ3n) is 1.61. The van der Waals surface area contributed by atoms with Crippen molar-refractivity contribution in [3.8, 4) is 0 Å². The summed E-state index contributed by atoms with van der Waals surface area (Å²) in [5.74, 6) is -0.751. The number of anilines is 1. The second kappa shape index (κ2) is 4.31. The van der Waals surface area contributed by atoms with Gasteiger partial charge in [0, 0.05) is 24.8 Å². The van der Waals surface area contributed by atoms with Crippen LogP contribution in [0.1, 0.15) is 16.9 Å². The average Bonchev–Trinajstić information content (AvgIpc) is 2.51. The standard InChI is InChI=1S/C8H12N4O2/c9-5-3-6(12-4-5)8(14)11-2-1-7(10)13/h3-4,12H,1-2,9H2,(H2,10,13)(H,11,14). The highest BCUT2D eigenvalue weighted by molar-refractivity contribution is 5.93. The van der Waals surface area contributed by atoms with E-state index in [4.69, 9.17) is 11.5 Å². The van der Waals surface area contributed by atoms with E-state index in [0.717, 1.165) is 0 Å². The number of rotatable bonds is 4. The molecule has 2 amide bonds. The molecule has 0 fully saturated rings. The summed E-state index contributed by atoms with van der Waals surface area (Å²) in [6.45, 7) is 0.229. The van der Waals surface area contributed by atoms with Crippen LogP contribution in [0, 0.1) is 0 Å². The van der Waals surface area contributed by atoms with E-state index in [0.29, 0.717) is 11.4 Å². The number of aromatic nitrogens is 1. The molecule has 0 aliphatic rings. The Labute approximate surface area is 80.7 Å². The predicted octanol–water partition coefficient (Wildman–Crippen LogP) is -0.798. The summed E-state index contributed by atoms with van der Waals surface area (Å²) in [6.07, 6.45) is 1.64. The Balaban J connectivity index is 2.39. The Morgan fingerprint density at radius 1 is 1.50 bits per heavy atom. The zero-order valence-electron chi connectivity index (χ0n) is 7.54. The maximum atomic E-state index is 11.3. The quantitative estimate of drug-likeness (QED) is 0.505. The van der Waals surface area contributed by atoms with Crippen LogP contribution >= 0.6 is 0 Å². The van der Waals surface area contributed by atoms with Gasteiger partial charge in [0.2, 0.25) is 5.91 Å². The molecule has 0 aliphatic carbocycles. The van der Waals surface area contributed by atoms with E-state index in [-0.39, 0.29) is 18.9 Å². The number of hydrogen-bond donors (Lipinski definition) is 4. The molecule has 76 valence electrons. The molecule has 0 saturated heterocycles. The first-order valence-electron chi connectivity index (χ1n) is 4.10. The van der Waals surface area contributed by atoms with Gasteiger partial charge in [0.15, 0.2) is 0 Å². The van der Waals surface area contributed by atoms with E-state index >= 15 is 0 Å². The minimum absolute atomic E-state index is 0.127. The summed E-state index contributed by atoms with van der Waals surface area (Å²) in [6, 6.07) is 1.51. The molecule has 1 aromatic rings. The molecule has 0 spiro atoms. The number of H-pyrrole nitrogens is 1. The number of hydrogen-bond acceptors (Lipinski definition) is 3. The summed E-state index contributed by atoms with van der Waals surface area (Å²) in [7, 11) is 0. The first-order chi connectivity index (χ1) is 6.59. The van der Waals surface area contributed by atoms with Crippen LogP contribution in [-0.4, -0.2) is 23.3 Å². The lowest BCUT2D eigenvalue weighted by molar-refractivity contribution is -0.117. The molecular weight excluding hydrogens is 184 g/mol. The highest BCUT2D eigenvalue weighted by atomic mass is 16.2. The van der Waals surface area contributed by atoms with Gasteiger partial charge in [-0.2, -0.15) is 0 Å². The fourth-order valence-corrected chi connectivity index (χ4v) is 0.937. The number of nitrogen functional groups attached to an aromatic ring is 1. The van der Waals surface area contributed by atoms with Crippen molar-refractivity contribution in [1.82, 2.24) is 10.3 Å². The lowest BCUT2D eigenvalue weighted by atomic mass is 10.3. The van der Waals surface area contributed by atoms with Crippen molar-refractivity contribution in [2.45, 2.75) is 6.42 Å². The van der Waals surface area contributed by atoms with Gasteiger partial charge in [-0.05, 0) is 6.07 Å². The van der Waals surface area contributed by atoms with Crippen molar-refractivity contribution in [2.24, 2.45) is 5.73 Å². The van der Waals surface area contributed by atoms with Gasteiger partial charge in [0.1, 0.15) is 5.69 Å². The lowest BCUT2D eigenvalue weighted by Crippen LogP contribution is -2.28. The maximum Gasteiger partial charge on any atom is 0.267 e. The molecule has 14 heavy (non-hydrogen) atoms. The molecule has 0 radical (unpaired) electrons. The van der Waals surface area contributed by atoms with Gasteiger partial charge >= 0.3 is 0 Å². The largest absolute Gasteiger partial charge is 0.397 e. The molecule has 0 bridgehead atoms. The van der Waals surface area contributed by atoms with Crippen molar-refractivity contribution in [3.05, 3.63) is 18.0 Å². The van der Waals surface area contributed by atoms with Crippen molar-refractivity contribution >= 4 is 17.5 Å². The van der Waals surface area contributed by atoms with Crippen LogP contribution < -0.4 is 16.8 Å². The van der Waals surface area contributed by atoms with Gasteiger partial charge in [-0.1, -0.05) is 0 Å². The normalized spacial score (nSPS) is 9.71. The average molecular weight is 196 g/mol. The fraction of sp³-hybridized carbons (Fsp3) is 0.250. The van der Waals surface area contributed by atoms with Crippen LogP contribution in [0.15, 0.2) is 12.3 Å². The molecule has 0 saturated carbocycles. The molecule has 6 nitrogen and oxygen atoms in total. The van der Waals surface area contributed by atoms with E-state index in [1.165, 1.54) is 12.3 Å². The molecule has 6 heteroatoms. The summed E-state index contributed by atoms with van der Waals surface area (Å²) >= 11 is 0. The summed E-state index contributed by atoms with van der Waals surface area (Å²) in [5.41, 5.74) is 11.2. The Morgan fingerprint density at radius 2 is 2.21 bits per heavy atom. The van der Waals surface area contributed by atoms with Crippen LogP contribution in [0.4, 0.5) is 5.69 Å². The summed E-state index contributed by atoms with van der Waals surface area (Å²) in [5, 5.41) is 2.52. The Hall–Kier alpha value is -1.98. The molecule has 0 unspecified atom stereocenters. The minimum Gasteiger partial charge on any atom is -0.397 e. The zero-order chi connectivity index (χ0) is 10.6. The molecule has 0 aromatic carbocycles. The van der Waals surface area contributed by atoms with Crippen LogP contribution in [0.2, 0.25) is 0 Å². The number of nitrogens with one attached hydrogen (secondary N) is 2. The minimum atomic E-state index is -0.448. The lowest BCUT2D eigenvalue weighted by Gasteiger charge is -2.00. The van der Waals surface area contributed by atoms with Crippen molar-refractivity contribution in [1.29, 1.82) is 0 Å². The number of nitrogens with two attached hydrogens (primary N) is 2. The highest BCUT2D eigenvalue weighted by Crippen LogP contribution is 2.03. The number of carbonyl (C=O) groups is 2. The fourth-order valence-electron chi connectivity index (χ4n) is 0.937. The molecule has 1 heterocycles. The van der Waals surface area contributed by atoms with Gasteiger partial charge in [-0.25, -0.2) is 0 Å². The molecular formula is C8H12N4O2. The topological polar surface area (TPSA) is 114 Å². The number of aromatic amines is 1. The van der Waals surface area contributed by atoms with Gasteiger partial charge < -0.3 is 21.8 Å². The number of amides is 2. The molecule has 0 aliphatic heterocycles. The zero-order valence-corrected chi connectivity index (χ0v) is 7.54. The van der Waals surface area contributed by atoms with Crippen LogP contribution in [0.5, 0.6) is 0 Å². The van der Waals surface area contributed by atoms with Crippen molar-refractivity contribution in [2.75, 3.05) is 12.3 Å². The highest BCUT2D eigenvalue weighted by Gasteiger charge is 2.06. The second-order valence-electron chi connectivity index (χ2n) is 2.82. The van der Waals surface area contributed by atoms with Gasteiger partial charge in [0.05, 0.1) is 0 Å². The smallest absolute Gasteiger partial charge is 0.267 e. The van der Waals surface area contributed by atoms with Gasteiger partial charge in [-0.15, -0.1) is 0 Å². The van der Waals surface area contributed by atoms with Crippen LogP contribution in [0.25, 0.3) is 0 Å². The van der Waals surface area contributed by atoms with E-state index in [2.05, 4.69) is 10.3 Å². The Bertz CT molecular complexity index is 345. The van der Waals surface area contributed by atoms with E-state index < -0.39 is 5.91 Å². The molecule has 0 atom stereocenters. The first kappa shape index (κ1) is 10.1. The monoisotopic (exact) mass is 196 g/mol. The van der Waals surface area contributed by atoms with Crippen LogP contribution in [0.3, 0.4) is 0 Å². The van der Waals surface area contributed by atoms with Gasteiger partial charge in [0.25, 0.3) is 5.91 Å². The third kappa shape index (κ3) is 2.81. The third-order valence-corrected chi connectivity index (χ3v) is 1.61.